The zero-order valence-electron chi connectivity index (χ0n) is 9.65. The highest BCUT2D eigenvalue weighted by Crippen LogP contribution is 2.26. The number of ether oxygens (including phenoxy) is 2. The molecule has 0 aliphatic carbocycles. The van der Waals surface area contributed by atoms with Crippen molar-refractivity contribution in [2.75, 3.05) is 14.2 Å². The van der Waals surface area contributed by atoms with Gasteiger partial charge in [-0.2, -0.15) is 0 Å². The van der Waals surface area contributed by atoms with Crippen LogP contribution in [-0.4, -0.2) is 32.0 Å². The van der Waals surface area contributed by atoms with Gasteiger partial charge < -0.3 is 9.47 Å². The fourth-order valence-electron chi connectivity index (χ4n) is 1.93. The Labute approximate surface area is 98.7 Å². The lowest BCUT2D eigenvalue weighted by Gasteiger charge is -2.24. The predicted octanol–water partition coefficient (Wildman–Crippen LogP) is 0.523. The first-order valence-electron chi connectivity index (χ1n) is 5.20. The summed E-state index contributed by atoms with van der Waals surface area (Å²) in [6, 6.07) is 4.29. The van der Waals surface area contributed by atoms with Crippen molar-refractivity contribution in [3.8, 4) is 5.75 Å². The average molecular weight is 235 g/mol. The minimum absolute atomic E-state index is 0.281. The van der Waals surface area contributed by atoms with Crippen molar-refractivity contribution in [2.45, 2.75) is 12.6 Å². The van der Waals surface area contributed by atoms with Crippen LogP contribution in [0.25, 0.3) is 0 Å². The minimum atomic E-state index is -0.917. The van der Waals surface area contributed by atoms with Crippen molar-refractivity contribution in [1.82, 2.24) is 5.32 Å². The summed E-state index contributed by atoms with van der Waals surface area (Å²) < 4.78 is 9.75. The van der Waals surface area contributed by atoms with Gasteiger partial charge in [-0.25, -0.2) is 4.79 Å². The smallest absolute Gasteiger partial charge is 0.331 e. The Kier molecular flexibility index (Phi) is 3.10. The van der Waals surface area contributed by atoms with E-state index >= 15 is 0 Å². The van der Waals surface area contributed by atoms with Gasteiger partial charge in [0, 0.05) is 17.7 Å². The monoisotopic (exact) mass is 235 g/mol. The molecular weight excluding hydrogens is 222 g/mol. The lowest BCUT2D eigenvalue weighted by atomic mass is 9.94. The quantitative estimate of drug-likeness (QED) is 0.598. The van der Waals surface area contributed by atoms with E-state index in [0.29, 0.717) is 17.9 Å². The molecule has 0 spiro atoms. The number of carbonyl (C=O) groups is 2. The SMILES string of the molecule is COC(=O)C1NCc2c(OC)cccc2C1=O. The summed E-state index contributed by atoms with van der Waals surface area (Å²) >= 11 is 0. The lowest BCUT2D eigenvalue weighted by molar-refractivity contribution is -0.141. The largest absolute Gasteiger partial charge is 0.496 e. The second kappa shape index (κ2) is 4.55. The molecule has 0 saturated carbocycles. The molecule has 0 fully saturated rings. The van der Waals surface area contributed by atoms with E-state index < -0.39 is 12.0 Å². The summed E-state index contributed by atoms with van der Waals surface area (Å²) in [7, 11) is 2.81. The number of esters is 1. The Morgan fingerprint density at radius 3 is 2.82 bits per heavy atom. The zero-order chi connectivity index (χ0) is 12.4. The molecule has 1 heterocycles. The highest BCUT2D eigenvalue weighted by molar-refractivity contribution is 6.13. The number of fused-ring (bicyclic) bond motifs is 1. The maximum Gasteiger partial charge on any atom is 0.331 e. The van der Waals surface area contributed by atoms with Crippen LogP contribution in [0.5, 0.6) is 5.75 Å². The molecule has 1 aromatic rings. The van der Waals surface area contributed by atoms with Gasteiger partial charge in [0.1, 0.15) is 5.75 Å². The molecule has 1 N–H and O–H groups in total. The normalized spacial score (nSPS) is 18.5. The third-order valence-corrected chi connectivity index (χ3v) is 2.80. The number of benzene rings is 1. The van der Waals surface area contributed by atoms with Crippen LogP contribution in [-0.2, 0) is 16.1 Å². The van der Waals surface area contributed by atoms with Gasteiger partial charge in [0.2, 0.25) is 0 Å². The van der Waals surface area contributed by atoms with E-state index in [1.807, 2.05) is 0 Å². The predicted molar refractivity (Wildman–Crippen MR) is 60.0 cm³/mol. The van der Waals surface area contributed by atoms with Crippen molar-refractivity contribution in [3.63, 3.8) is 0 Å². The van der Waals surface area contributed by atoms with E-state index in [-0.39, 0.29) is 5.78 Å². The van der Waals surface area contributed by atoms with E-state index in [0.717, 1.165) is 5.56 Å². The molecule has 0 amide bonds. The number of ketones is 1. The van der Waals surface area contributed by atoms with Gasteiger partial charge in [-0.15, -0.1) is 0 Å². The molecule has 5 nitrogen and oxygen atoms in total. The molecular formula is C12H13NO4. The molecule has 0 saturated heterocycles. The first-order chi connectivity index (χ1) is 8.19. The summed E-state index contributed by atoms with van der Waals surface area (Å²) in [4.78, 5) is 23.5. The third-order valence-electron chi connectivity index (χ3n) is 2.80. The highest BCUT2D eigenvalue weighted by Gasteiger charge is 2.34. The van der Waals surface area contributed by atoms with Crippen LogP contribution in [0.4, 0.5) is 0 Å². The Bertz CT molecular complexity index is 470. The molecule has 1 aromatic carbocycles. The van der Waals surface area contributed by atoms with Gasteiger partial charge in [-0.3, -0.25) is 10.1 Å². The van der Waals surface area contributed by atoms with Gasteiger partial charge in [0.15, 0.2) is 11.8 Å². The summed E-state index contributed by atoms with van der Waals surface area (Å²) in [6.07, 6.45) is 0. The summed E-state index contributed by atoms with van der Waals surface area (Å²) in [5.41, 5.74) is 1.29. The van der Waals surface area contributed by atoms with Crippen LogP contribution in [0.2, 0.25) is 0 Å². The van der Waals surface area contributed by atoms with Crippen molar-refractivity contribution < 1.29 is 19.1 Å². The molecule has 1 atom stereocenters. The van der Waals surface area contributed by atoms with Crippen LogP contribution in [0.1, 0.15) is 15.9 Å². The second-order valence-electron chi connectivity index (χ2n) is 3.69. The number of Topliss-reactive ketones (excluding diaryl/α,β-unsaturated/α-hetero) is 1. The molecule has 1 aliphatic heterocycles. The molecule has 90 valence electrons. The Balaban J connectivity index is 2.40. The van der Waals surface area contributed by atoms with Crippen LogP contribution >= 0.6 is 0 Å². The van der Waals surface area contributed by atoms with Crippen LogP contribution in [0, 0.1) is 0 Å². The van der Waals surface area contributed by atoms with Gasteiger partial charge in [-0.1, -0.05) is 12.1 Å². The minimum Gasteiger partial charge on any atom is -0.496 e. The Morgan fingerprint density at radius 1 is 1.41 bits per heavy atom. The molecule has 0 bridgehead atoms. The fraction of sp³-hybridized carbons (Fsp3) is 0.333. The first-order valence-corrected chi connectivity index (χ1v) is 5.20. The average Bonchev–Trinajstić information content (AvgIpc) is 2.38. The molecule has 0 aromatic heterocycles. The fourth-order valence-corrected chi connectivity index (χ4v) is 1.93. The molecule has 5 heteroatoms. The Morgan fingerprint density at radius 2 is 2.18 bits per heavy atom. The van der Waals surface area contributed by atoms with Crippen molar-refractivity contribution in [3.05, 3.63) is 29.3 Å². The molecule has 1 aliphatic rings. The molecule has 1 unspecified atom stereocenters. The molecule has 2 rings (SSSR count). The third kappa shape index (κ3) is 1.89. The van der Waals surface area contributed by atoms with Crippen LogP contribution in [0.15, 0.2) is 18.2 Å². The van der Waals surface area contributed by atoms with Gasteiger partial charge in [-0.05, 0) is 6.07 Å². The Hall–Kier alpha value is -1.88. The van der Waals surface area contributed by atoms with E-state index in [4.69, 9.17) is 4.74 Å². The topological polar surface area (TPSA) is 64.6 Å². The number of carbonyl (C=O) groups excluding carboxylic acids is 2. The number of rotatable bonds is 2. The number of nitrogens with one attached hydrogen (secondary N) is 1. The van der Waals surface area contributed by atoms with Crippen molar-refractivity contribution >= 4 is 11.8 Å². The lowest BCUT2D eigenvalue weighted by Crippen LogP contribution is -2.47. The molecule has 0 radical (unpaired) electrons. The van der Waals surface area contributed by atoms with Gasteiger partial charge >= 0.3 is 5.97 Å². The van der Waals surface area contributed by atoms with Crippen molar-refractivity contribution in [2.24, 2.45) is 0 Å². The highest BCUT2D eigenvalue weighted by atomic mass is 16.5. The van der Waals surface area contributed by atoms with E-state index in [1.54, 1.807) is 25.3 Å². The first kappa shape index (κ1) is 11.6. The number of hydrogen-bond donors (Lipinski definition) is 1. The van der Waals surface area contributed by atoms with Crippen LogP contribution < -0.4 is 10.1 Å². The van der Waals surface area contributed by atoms with Crippen molar-refractivity contribution in [1.29, 1.82) is 0 Å². The van der Waals surface area contributed by atoms with E-state index in [9.17, 15) is 9.59 Å². The summed E-state index contributed by atoms with van der Waals surface area (Å²) in [5.74, 6) is -0.202. The molecule has 17 heavy (non-hydrogen) atoms. The van der Waals surface area contributed by atoms with Crippen LogP contribution in [0.3, 0.4) is 0 Å². The summed E-state index contributed by atoms with van der Waals surface area (Å²) in [5, 5.41) is 2.85. The maximum absolute atomic E-state index is 12.1. The van der Waals surface area contributed by atoms with Gasteiger partial charge in [0.25, 0.3) is 0 Å². The van der Waals surface area contributed by atoms with E-state index in [1.165, 1.54) is 7.11 Å². The zero-order valence-corrected chi connectivity index (χ0v) is 9.65. The summed E-state index contributed by atoms with van der Waals surface area (Å²) in [6.45, 7) is 0.408. The number of methoxy groups -OCH3 is 2. The number of hydrogen-bond acceptors (Lipinski definition) is 5. The second-order valence-corrected chi connectivity index (χ2v) is 3.69. The van der Waals surface area contributed by atoms with E-state index in [2.05, 4.69) is 10.1 Å². The standard InChI is InChI=1S/C12H13NO4/c1-16-9-5-3-4-7-8(9)6-13-10(11(7)14)12(15)17-2/h3-5,10,13H,6H2,1-2H3. The maximum atomic E-state index is 12.1. The van der Waals surface area contributed by atoms with Gasteiger partial charge in [0.05, 0.1) is 14.2 Å².